The maximum atomic E-state index is 4.03. The van der Waals surface area contributed by atoms with Crippen LogP contribution in [0.15, 0.2) is 49.8 Å². The summed E-state index contributed by atoms with van der Waals surface area (Å²) in [5, 5.41) is 9.31. The number of nitrogens with one attached hydrogen (secondary N) is 1. The van der Waals surface area contributed by atoms with Crippen LogP contribution in [0.1, 0.15) is 17.3 Å². The minimum absolute atomic E-state index is 0.0740. The fraction of sp³-hybridized carbons (Fsp3) is 0.250. The molecule has 1 aromatic heterocycles. The molecule has 2 unspecified atom stereocenters. The van der Waals surface area contributed by atoms with Gasteiger partial charge in [-0.25, -0.2) is 0 Å². The third-order valence-electron chi connectivity index (χ3n) is 4.43. The molecule has 2 aliphatic rings. The summed E-state index contributed by atoms with van der Waals surface area (Å²) in [6.45, 7) is 9.96. The second-order valence-corrected chi connectivity index (χ2v) is 9.30. The number of para-hydroxylation sites is 1. The number of fused-ring (bicyclic) bond motifs is 3. The van der Waals surface area contributed by atoms with Crippen LogP contribution in [0.25, 0.3) is 10.9 Å². The summed E-state index contributed by atoms with van der Waals surface area (Å²) in [4.78, 5) is 0. The first kappa shape index (κ1) is 14.8. The molecule has 22 heavy (non-hydrogen) atoms. The Balaban J connectivity index is 2.01. The van der Waals surface area contributed by atoms with E-state index in [1.54, 1.807) is 0 Å². The van der Waals surface area contributed by atoms with E-state index in [4.69, 9.17) is 0 Å². The summed E-state index contributed by atoms with van der Waals surface area (Å²) in [5.41, 5.74) is 4.29. The second kappa shape index (κ2) is 5.72. The average Bonchev–Trinajstić information content (AvgIpc) is 3.35. The van der Waals surface area contributed by atoms with E-state index in [1.807, 2.05) is 12.4 Å². The van der Waals surface area contributed by atoms with Crippen LogP contribution in [-0.4, -0.2) is 25.4 Å². The Hall–Kier alpha value is -0.740. The van der Waals surface area contributed by atoms with Crippen molar-refractivity contribution in [3.8, 4) is 0 Å². The molecule has 3 heterocycles. The Morgan fingerprint density at radius 1 is 1.27 bits per heavy atom. The number of halogens is 2. The zero-order valence-electron chi connectivity index (χ0n) is 12.0. The number of benzene rings is 1. The first-order chi connectivity index (χ1) is 10.8. The standard InChI is InChI=1S/C16H17I2N4/c1-3-20-10-14-15(16(12-9-19-12)21(20)4-2)11-7-5-6-8-13(11)22(14)18-17/h3-8,12,16,19H,1-2,9-10H2/q-1. The Labute approximate surface area is 150 Å². The molecule has 0 saturated carbocycles. The predicted octanol–water partition coefficient (Wildman–Crippen LogP) is 0.176. The summed E-state index contributed by atoms with van der Waals surface area (Å²) in [7, 11) is 0. The van der Waals surface area contributed by atoms with E-state index >= 15 is 0 Å². The van der Waals surface area contributed by atoms with Crippen molar-refractivity contribution in [2.45, 2.75) is 18.6 Å². The van der Waals surface area contributed by atoms with Gasteiger partial charge < -0.3 is 0 Å². The zero-order chi connectivity index (χ0) is 15.3. The third kappa shape index (κ3) is 2.10. The van der Waals surface area contributed by atoms with Gasteiger partial charge in [0.25, 0.3) is 0 Å². The number of rotatable bonds is 4. The van der Waals surface area contributed by atoms with Crippen LogP contribution in [0.2, 0.25) is 0 Å². The van der Waals surface area contributed by atoms with E-state index < -0.39 is 0 Å². The summed E-state index contributed by atoms with van der Waals surface area (Å²) in [6, 6.07) is 9.60. The molecule has 0 bridgehead atoms. The fourth-order valence-electron chi connectivity index (χ4n) is 3.41. The zero-order valence-corrected chi connectivity index (χ0v) is 16.4. The molecule has 2 aliphatic heterocycles. The molecule has 0 amide bonds. The molecule has 1 saturated heterocycles. The van der Waals surface area contributed by atoms with Gasteiger partial charge in [0.1, 0.15) is 0 Å². The van der Waals surface area contributed by atoms with E-state index in [0.717, 1.165) is 13.1 Å². The monoisotopic (exact) mass is 519 g/mol. The molecule has 2 aromatic rings. The van der Waals surface area contributed by atoms with E-state index in [0.29, 0.717) is 12.1 Å². The number of aromatic nitrogens is 1. The van der Waals surface area contributed by atoms with Crippen LogP contribution in [-0.2, 0) is 6.54 Å². The molecular weight excluding hydrogens is 502 g/mol. The normalized spacial score (nSPS) is 23.7. The molecule has 0 radical (unpaired) electrons. The Bertz CT molecular complexity index is 750. The summed E-state index contributed by atoms with van der Waals surface area (Å²) >= 11 is 2.48. The fourth-order valence-corrected chi connectivity index (χ4v) is 7.45. The van der Waals surface area contributed by atoms with Gasteiger partial charge in [0, 0.05) is 0 Å². The van der Waals surface area contributed by atoms with Crippen LogP contribution in [0.3, 0.4) is 0 Å². The van der Waals surface area contributed by atoms with Crippen molar-refractivity contribution in [2.24, 2.45) is 0 Å². The molecule has 4 rings (SSSR count). The van der Waals surface area contributed by atoms with Gasteiger partial charge in [0.05, 0.1) is 0 Å². The average molecular weight is 519 g/mol. The van der Waals surface area contributed by atoms with E-state index in [-0.39, 0.29) is 17.5 Å². The van der Waals surface area contributed by atoms with Crippen LogP contribution >= 0.6 is 18.6 Å². The van der Waals surface area contributed by atoms with Crippen LogP contribution < -0.4 is 22.8 Å². The minimum atomic E-state index is -0.0740. The van der Waals surface area contributed by atoms with Gasteiger partial charge in [-0.1, -0.05) is 0 Å². The molecule has 2 atom stereocenters. The molecule has 0 spiro atoms. The molecule has 4 nitrogen and oxygen atoms in total. The molecule has 6 heteroatoms. The molecular formula is C16H17I2N4-. The predicted molar refractivity (Wildman–Crippen MR) is 93.7 cm³/mol. The van der Waals surface area contributed by atoms with Gasteiger partial charge in [-0.15, -0.1) is 0 Å². The van der Waals surface area contributed by atoms with Crippen molar-refractivity contribution in [3.05, 3.63) is 61.1 Å². The maximum absolute atomic E-state index is 4.03. The van der Waals surface area contributed by atoms with Crippen molar-refractivity contribution in [2.75, 3.05) is 6.54 Å². The second-order valence-electron chi connectivity index (χ2n) is 5.52. The van der Waals surface area contributed by atoms with Gasteiger partial charge in [-0.3, -0.25) is 0 Å². The van der Waals surface area contributed by atoms with Crippen LogP contribution in [0.5, 0.6) is 0 Å². The number of nitrogens with zero attached hydrogens (tertiary/aromatic N) is 3. The molecule has 1 fully saturated rings. The first-order valence-corrected chi connectivity index (χ1v) is 14.5. The van der Waals surface area contributed by atoms with Crippen LogP contribution in [0, 0.1) is 0 Å². The van der Waals surface area contributed by atoms with Crippen molar-refractivity contribution in [3.63, 3.8) is 0 Å². The van der Waals surface area contributed by atoms with E-state index in [2.05, 4.69) is 74.2 Å². The molecule has 1 N–H and O–H groups in total. The van der Waals surface area contributed by atoms with Crippen molar-refractivity contribution in [1.29, 1.82) is 0 Å². The number of hydrogen-bond acceptors (Lipinski definition) is 3. The van der Waals surface area contributed by atoms with Gasteiger partial charge in [0.15, 0.2) is 0 Å². The topological polar surface area (TPSA) is 33.4 Å². The molecule has 0 aliphatic carbocycles. The summed E-state index contributed by atoms with van der Waals surface area (Å²) in [5.74, 6) is 0. The number of hydrogen-bond donors (Lipinski definition) is 1. The van der Waals surface area contributed by atoms with Gasteiger partial charge in [-0.2, -0.15) is 0 Å². The van der Waals surface area contributed by atoms with Gasteiger partial charge >= 0.3 is 151 Å². The SMILES string of the molecule is C=CN1Cc2c(c3ccccc3n2[I-]I)C(C2CN2)N1C=C. The Morgan fingerprint density at radius 3 is 2.68 bits per heavy atom. The van der Waals surface area contributed by atoms with E-state index in [1.165, 1.54) is 22.2 Å². The Kier molecular flexibility index (Phi) is 3.85. The summed E-state index contributed by atoms with van der Waals surface area (Å²) < 4.78 is 2.54. The number of hydrazine groups is 1. The van der Waals surface area contributed by atoms with Crippen molar-refractivity contribution >= 4 is 29.5 Å². The van der Waals surface area contributed by atoms with Gasteiger partial charge in [0.2, 0.25) is 0 Å². The van der Waals surface area contributed by atoms with Crippen LogP contribution in [0.4, 0.5) is 0 Å². The summed E-state index contributed by atoms with van der Waals surface area (Å²) in [6.07, 6.45) is 3.84. The Morgan fingerprint density at radius 2 is 2.05 bits per heavy atom. The van der Waals surface area contributed by atoms with Crippen molar-refractivity contribution in [1.82, 2.24) is 18.1 Å². The van der Waals surface area contributed by atoms with E-state index in [9.17, 15) is 0 Å². The van der Waals surface area contributed by atoms with Gasteiger partial charge in [-0.05, 0) is 0 Å². The quantitative estimate of drug-likeness (QED) is 0.463. The first-order valence-electron chi connectivity index (χ1n) is 7.22. The molecule has 1 aromatic carbocycles. The molecule has 116 valence electrons. The van der Waals surface area contributed by atoms with Crippen molar-refractivity contribution < 1.29 is 17.5 Å². The third-order valence-corrected chi connectivity index (χ3v) is 8.34.